The third-order valence-electron chi connectivity index (χ3n) is 3.55. The second-order valence-corrected chi connectivity index (χ2v) is 7.12. The number of hydrogen-bond acceptors (Lipinski definition) is 5. The lowest BCUT2D eigenvalue weighted by Crippen LogP contribution is -2.41. The molecule has 2 aromatic rings. The van der Waals surface area contributed by atoms with Crippen molar-refractivity contribution in [3.63, 3.8) is 0 Å². The number of amides is 3. The molecule has 158 valence electrons. The lowest BCUT2D eigenvalue weighted by molar-refractivity contribution is -0.148. The van der Waals surface area contributed by atoms with E-state index in [2.05, 4.69) is 16.2 Å². The van der Waals surface area contributed by atoms with Crippen LogP contribution in [0.3, 0.4) is 0 Å². The molecule has 0 fully saturated rings. The van der Waals surface area contributed by atoms with Crippen LogP contribution in [-0.2, 0) is 19.1 Å². The Morgan fingerprint density at radius 3 is 2.13 bits per heavy atom. The fourth-order valence-corrected chi connectivity index (χ4v) is 2.66. The average molecular weight is 473 g/mol. The van der Waals surface area contributed by atoms with Crippen LogP contribution in [-0.4, -0.2) is 30.3 Å². The van der Waals surface area contributed by atoms with Crippen LogP contribution in [0.25, 0.3) is 0 Å². The van der Waals surface area contributed by atoms with Gasteiger partial charge in [-0.1, -0.05) is 34.8 Å². The summed E-state index contributed by atoms with van der Waals surface area (Å²) in [6.45, 7) is -0.549. The molecule has 2 aromatic carbocycles. The summed E-state index contributed by atoms with van der Waals surface area (Å²) in [4.78, 5) is 47.1. The number of benzene rings is 2. The van der Waals surface area contributed by atoms with Gasteiger partial charge in [0, 0.05) is 22.0 Å². The molecule has 0 radical (unpaired) electrons. The van der Waals surface area contributed by atoms with Gasteiger partial charge in [-0.05, 0) is 42.5 Å². The molecule has 0 saturated carbocycles. The van der Waals surface area contributed by atoms with Gasteiger partial charge in [0.1, 0.15) is 0 Å². The first-order valence-electron chi connectivity index (χ1n) is 8.50. The van der Waals surface area contributed by atoms with E-state index in [4.69, 9.17) is 39.5 Å². The summed E-state index contributed by atoms with van der Waals surface area (Å²) < 4.78 is 4.80. The highest BCUT2D eigenvalue weighted by atomic mass is 35.5. The van der Waals surface area contributed by atoms with Crippen molar-refractivity contribution in [3.8, 4) is 0 Å². The molecule has 0 heterocycles. The molecule has 0 saturated heterocycles. The Hall–Kier alpha value is -2.81. The van der Waals surface area contributed by atoms with Crippen LogP contribution in [0.15, 0.2) is 42.5 Å². The Labute approximate surface area is 186 Å². The molecule has 3 N–H and O–H groups in total. The van der Waals surface area contributed by atoms with E-state index in [1.807, 2.05) is 0 Å². The summed E-state index contributed by atoms with van der Waals surface area (Å²) in [5.41, 5.74) is 5.00. The number of nitrogens with one attached hydrogen (secondary N) is 3. The number of esters is 1. The molecule has 30 heavy (non-hydrogen) atoms. The molecule has 0 bridgehead atoms. The van der Waals surface area contributed by atoms with Crippen molar-refractivity contribution in [2.75, 3.05) is 11.9 Å². The lowest BCUT2D eigenvalue weighted by Gasteiger charge is -2.09. The van der Waals surface area contributed by atoms with Crippen molar-refractivity contribution < 1.29 is 23.9 Å². The van der Waals surface area contributed by atoms with E-state index in [-0.39, 0.29) is 17.9 Å². The van der Waals surface area contributed by atoms with Gasteiger partial charge in [0.2, 0.25) is 5.91 Å². The van der Waals surface area contributed by atoms with Crippen LogP contribution < -0.4 is 16.2 Å². The van der Waals surface area contributed by atoms with E-state index in [1.54, 1.807) is 6.07 Å². The zero-order valence-electron chi connectivity index (χ0n) is 15.3. The lowest BCUT2D eigenvalue weighted by atomic mass is 10.2. The Kier molecular flexibility index (Phi) is 8.91. The Balaban J connectivity index is 1.66. The summed E-state index contributed by atoms with van der Waals surface area (Å²) in [5, 5.41) is 3.58. The van der Waals surface area contributed by atoms with E-state index in [1.165, 1.54) is 36.4 Å². The number of halogens is 3. The van der Waals surface area contributed by atoms with Gasteiger partial charge >= 0.3 is 5.97 Å². The Bertz CT molecular complexity index is 951. The highest BCUT2D eigenvalue weighted by molar-refractivity contribution is 6.36. The minimum absolute atomic E-state index is 0.236. The zero-order valence-corrected chi connectivity index (χ0v) is 17.6. The molecule has 0 aromatic heterocycles. The van der Waals surface area contributed by atoms with Gasteiger partial charge in [-0.15, -0.1) is 0 Å². The van der Waals surface area contributed by atoms with Crippen LogP contribution in [0.4, 0.5) is 5.69 Å². The molecule has 0 aliphatic carbocycles. The van der Waals surface area contributed by atoms with Crippen LogP contribution in [0, 0.1) is 0 Å². The van der Waals surface area contributed by atoms with Crippen molar-refractivity contribution in [2.45, 2.75) is 12.8 Å². The molecular formula is C19H16Cl3N3O5. The maximum Gasteiger partial charge on any atom is 0.306 e. The normalized spacial score (nSPS) is 10.1. The van der Waals surface area contributed by atoms with Gasteiger partial charge in [0.15, 0.2) is 6.61 Å². The standard InChI is InChI=1S/C19H16Cl3N3O5/c20-12-3-1-11(2-4-12)19(29)25-24-16(26)7-8-18(28)30-10-17(27)23-15-6-5-13(21)9-14(15)22/h1-6,9H,7-8,10H2,(H,23,27)(H,24,26)(H,25,29). The van der Waals surface area contributed by atoms with Crippen molar-refractivity contribution >= 4 is 64.2 Å². The molecule has 3 amide bonds. The van der Waals surface area contributed by atoms with Crippen LogP contribution in [0.2, 0.25) is 15.1 Å². The van der Waals surface area contributed by atoms with Crippen LogP contribution in [0.1, 0.15) is 23.2 Å². The third kappa shape index (κ3) is 7.90. The number of hydrogen-bond donors (Lipinski definition) is 3. The van der Waals surface area contributed by atoms with Crippen molar-refractivity contribution in [1.82, 2.24) is 10.9 Å². The minimum atomic E-state index is -0.758. The quantitative estimate of drug-likeness (QED) is 0.422. The smallest absolute Gasteiger partial charge is 0.306 e. The predicted molar refractivity (Wildman–Crippen MR) is 112 cm³/mol. The fourth-order valence-electron chi connectivity index (χ4n) is 2.07. The van der Waals surface area contributed by atoms with Crippen molar-refractivity contribution in [2.24, 2.45) is 0 Å². The largest absolute Gasteiger partial charge is 0.456 e. The summed E-state index contributed by atoms with van der Waals surface area (Å²) in [5.74, 6) is -2.51. The van der Waals surface area contributed by atoms with Gasteiger partial charge in [0.25, 0.3) is 11.8 Å². The summed E-state index contributed by atoms with van der Waals surface area (Å²) in [7, 11) is 0. The summed E-state index contributed by atoms with van der Waals surface area (Å²) >= 11 is 17.4. The van der Waals surface area contributed by atoms with Crippen molar-refractivity contribution in [3.05, 3.63) is 63.1 Å². The summed E-state index contributed by atoms with van der Waals surface area (Å²) in [6.07, 6.45) is -0.526. The first kappa shape index (κ1) is 23.5. The van der Waals surface area contributed by atoms with E-state index >= 15 is 0 Å². The number of hydrazine groups is 1. The van der Waals surface area contributed by atoms with E-state index in [9.17, 15) is 19.2 Å². The minimum Gasteiger partial charge on any atom is -0.456 e. The maximum atomic E-state index is 11.8. The monoisotopic (exact) mass is 471 g/mol. The molecule has 2 rings (SSSR count). The zero-order chi connectivity index (χ0) is 22.1. The molecule has 0 unspecified atom stereocenters. The second-order valence-electron chi connectivity index (χ2n) is 5.84. The Morgan fingerprint density at radius 1 is 0.800 bits per heavy atom. The first-order chi connectivity index (χ1) is 14.2. The average Bonchev–Trinajstić information content (AvgIpc) is 2.71. The number of carbonyl (C=O) groups is 4. The number of carbonyl (C=O) groups excluding carboxylic acids is 4. The highest BCUT2D eigenvalue weighted by Gasteiger charge is 2.13. The SMILES string of the molecule is O=C(CCC(=O)OCC(=O)Nc1ccc(Cl)cc1Cl)NNC(=O)c1ccc(Cl)cc1. The van der Waals surface area contributed by atoms with Gasteiger partial charge in [-0.2, -0.15) is 0 Å². The van der Waals surface area contributed by atoms with Crippen molar-refractivity contribution in [1.29, 1.82) is 0 Å². The molecular weight excluding hydrogens is 457 g/mol. The van der Waals surface area contributed by atoms with E-state index in [0.29, 0.717) is 21.3 Å². The van der Waals surface area contributed by atoms with Gasteiger partial charge in [-0.25, -0.2) is 0 Å². The first-order valence-corrected chi connectivity index (χ1v) is 9.63. The third-order valence-corrected chi connectivity index (χ3v) is 4.35. The summed E-state index contributed by atoms with van der Waals surface area (Å²) in [6, 6.07) is 10.5. The van der Waals surface area contributed by atoms with Crippen LogP contribution >= 0.6 is 34.8 Å². The number of ether oxygens (including phenoxy) is 1. The van der Waals surface area contributed by atoms with Gasteiger partial charge < -0.3 is 10.1 Å². The molecule has 0 aliphatic heterocycles. The van der Waals surface area contributed by atoms with Gasteiger partial charge in [-0.3, -0.25) is 30.0 Å². The molecule has 0 atom stereocenters. The molecule has 8 nitrogen and oxygen atoms in total. The van der Waals surface area contributed by atoms with E-state index < -0.39 is 30.3 Å². The number of rotatable bonds is 7. The van der Waals surface area contributed by atoms with Gasteiger partial charge in [0.05, 0.1) is 17.1 Å². The maximum absolute atomic E-state index is 11.8. The molecule has 0 aliphatic rings. The second kappa shape index (κ2) is 11.4. The van der Waals surface area contributed by atoms with Crippen LogP contribution in [0.5, 0.6) is 0 Å². The topological polar surface area (TPSA) is 114 Å². The highest BCUT2D eigenvalue weighted by Crippen LogP contribution is 2.25. The predicted octanol–water partition coefficient (Wildman–Crippen LogP) is 3.37. The fraction of sp³-hybridized carbons (Fsp3) is 0.158. The molecule has 0 spiro atoms. The van der Waals surface area contributed by atoms with E-state index in [0.717, 1.165) is 0 Å². The molecule has 11 heteroatoms. The Morgan fingerprint density at radius 2 is 1.47 bits per heavy atom. The number of anilines is 1.